The zero-order valence-electron chi connectivity index (χ0n) is 18.4. The molecular formula is C22H21F12N. The Morgan fingerprint density at radius 2 is 1.17 bits per heavy atom. The summed E-state index contributed by atoms with van der Waals surface area (Å²) < 4.78 is 156. The van der Waals surface area contributed by atoms with Gasteiger partial charge in [-0.05, 0) is 19.5 Å². The van der Waals surface area contributed by atoms with Gasteiger partial charge in [0.25, 0.3) is 0 Å². The van der Waals surface area contributed by atoms with Crippen LogP contribution in [0.3, 0.4) is 0 Å². The van der Waals surface area contributed by atoms with Gasteiger partial charge in [-0.25, -0.2) is 26.3 Å². The van der Waals surface area contributed by atoms with Crippen molar-refractivity contribution in [2.75, 3.05) is 7.05 Å². The average Bonchev–Trinajstić information content (AvgIpc) is 2.80. The Labute approximate surface area is 193 Å². The highest BCUT2D eigenvalue weighted by Crippen LogP contribution is 2.46. The van der Waals surface area contributed by atoms with E-state index < -0.39 is 70.3 Å². The van der Waals surface area contributed by atoms with E-state index in [4.69, 9.17) is 0 Å². The molecule has 0 atom stereocenters. The number of benzene rings is 2. The summed E-state index contributed by atoms with van der Waals surface area (Å²) in [5.74, 6) is -21.8. The van der Waals surface area contributed by atoms with E-state index >= 15 is 0 Å². The molecule has 0 saturated heterocycles. The van der Waals surface area contributed by atoms with Gasteiger partial charge < -0.3 is 0 Å². The predicted molar refractivity (Wildman–Crippen MR) is 104 cm³/mol. The zero-order valence-corrected chi connectivity index (χ0v) is 18.4. The number of nitrogens with one attached hydrogen (secondary N) is 1. The molecule has 0 saturated carbocycles. The van der Waals surface area contributed by atoms with Gasteiger partial charge in [-0.3, -0.25) is 5.32 Å². The molecule has 0 heterocycles. The molecule has 13 heteroatoms. The van der Waals surface area contributed by atoms with Crippen molar-refractivity contribution in [1.82, 2.24) is 5.32 Å². The standard InChI is InChI=1S/C12H4F6.C10H17F6N/c13-6-4-2-1-3-5(6)7-8(14)10(16)12(18)11(17)9(7)15;1-3-4-5-6-7-8(11,12)9(13,14)10(15,16)17-2/h1-4H;17H,3-7H2,1-2H3. The quantitative estimate of drug-likeness (QED) is 0.114. The molecule has 2 rings (SSSR count). The SMILES string of the molecule is CCCCCCC(F)(F)C(F)(F)C(F)(F)NC.Fc1ccccc1-c1c(F)c(F)c(F)c(F)c1F. The molecule has 198 valence electrons. The van der Waals surface area contributed by atoms with E-state index in [1.165, 1.54) is 12.1 Å². The van der Waals surface area contributed by atoms with Crippen molar-refractivity contribution < 1.29 is 52.7 Å². The summed E-state index contributed by atoms with van der Waals surface area (Å²) in [7, 11) is 0.515. The molecular weight excluding hydrogens is 506 g/mol. The third-order valence-electron chi connectivity index (χ3n) is 4.87. The molecule has 0 aliphatic heterocycles. The molecule has 0 unspecified atom stereocenters. The fraction of sp³-hybridized carbons (Fsp3) is 0.455. The maximum atomic E-state index is 13.4. The van der Waals surface area contributed by atoms with Crippen molar-refractivity contribution in [2.24, 2.45) is 0 Å². The molecule has 0 radical (unpaired) electrons. The topological polar surface area (TPSA) is 12.0 Å². The van der Waals surface area contributed by atoms with Crippen LogP contribution in [0.4, 0.5) is 52.7 Å². The van der Waals surface area contributed by atoms with Crippen LogP contribution < -0.4 is 5.32 Å². The van der Waals surface area contributed by atoms with E-state index in [2.05, 4.69) is 0 Å². The van der Waals surface area contributed by atoms with Gasteiger partial charge in [0, 0.05) is 12.0 Å². The normalized spacial score (nSPS) is 12.4. The van der Waals surface area contributed by atoms with Crippen LogP contribution in [0, 0.1) is 34.9 Å². The van der Waals surface area contributed by atoms with Crippen LogP contribution in [-0.4, -0.2) is 24.9 Å². The lowest BCUT2D eigenvalue weighted by atomic mass is 10.0. The van der Waals surface area contributed by atoms with Crippen molar-refractivity contribution in [2.45, 2.75) is 56.9 Å². The van der Waals surface area contributed by atoms with Crippen molar-refractivity contribution in [3.8, 4) is 11.1 Å². The number of rotatable bonds is 9. The Balaban J connectivity index is 0.000000351. The molecule has 0 aliphatic carbocycles. The maximum absolute atomic E-state index is 13.4. The Kier molecular flexibility index (Phi) is 10.5. The number of halogens is 12. The highest BCUT2D eigenvalue weighted by atomic mass is 19.3. The third kappa shape index (κ3) is 6.62. The van der Waals surface area contributed by atoms with Crippen LogP contribution in [0.5, 0.6) is 0 Å². The first-order chi connectivity index (χ1) is 16.1. The van der Waals surface area contributed by atoms with Gasteiger partial charge in [0.2, 0.25) is 5.82 Å². The highest BCUT2D eigenvalue weighted by molar-refractivity contribution is 5.65. The Morgan fingerprint density at radius 3 is 1.63 bits per heavy atom. The lowest BCUT2D eigenvalue weighted by Gasteiger charge is -2.32. The van der Waals surface area contributed by atoms with E-state index in [-0.39, 0.29) is 6.42 Å². The van der Waals surface area contributed by atoms with Crippen LogP contribution >= 0.6 is 0 Å². The Morgan fingerprint density at radius 1 is 0.686 bits per heavy atom. The van der Waals surface area contributed by atoms with E-state index in [0.29, 0.717) is 19.9 Å². The van der Waals surface area contributed by atoms with E-state index in [1.54, 1.807) is 0 Å². The molecule has 0 spiro atoms. The van der Waals surface area contributed by atoms with E-state index in [1.807, 2.05) is 6.92 Å². The van der Waals surface area contributed by atoms with Gasteiger partial charge in [0.1, 0.15) is 5.82 Å². The van der Waals surface area contributed by atoms with Gasteiger partial charge >= 0.3 is 17.9 Å². The Bertz CT molecular complexity index is 962. The summed E-state index contributed by atoms with van der Waals surface area (Å²) in [5, 5.41) is 0.926. The summed E-state index contributed by atoms with van der Waals surface area (Å²) in [6, 6.07) is -0.691. The van der Waals surface area contributed by atoms with Gasteiger partial charge in [-0.2, -0.15) is 26.3 Å². The third-order valence-corrected chi connectivity index (χ3v) is 4.87. The number of alkyl halides is 6. The second-order valence-corrected chi connectivity index (χ2v) is 7.34. The van der Waals surface area contributed by atoms with Crippen LogP contribution in [0.25, 0.3) is 11.1 Å². The maximum Gasteiger partial charge on any atom is 0.386 e. The molecule has 0 aliphatic rings. The minimum atomic E-state index is -5.39. The molecule has 0 amide bonds. The fourth-order valence-electron chi connectivity index (χ4n) is 2.82. The summed E-state index contributed by atoms with van der Waals surface area (Å²) in [6.45, 7) is 1.82. The minimum absolute atomic E-state index is 0.198. The predicted octanol–water partition coefficient (Wildman–Crippen LogP) is 8.23. The number of hydrogen-bond acceptors (Lipinski definition) is 1. The van der Waals surface area contributed by atoms with Crippen LogP contribution in [-0.2, 0) is 0 Å². The van der Waals surface area contributed by atoms with Gasteiger partial charge in [-0.15, -0.1) is 0 Å². The highest BCUT2D eigenvalue weighted by Gasteiger charge is 2.70. The monoisotopic (exact) mass is 527 g/mol. The largest absolute Gasteiger partial charge is 0.386 e. The summed E-state index contributed by atoms with van der Waals surface area (Å²) in [6.07, 6.45) is 0.250. The first-order valence-electron chi connectivity index (χ1n) is 10.2. The van der Waals surface area contributed by atoms with Crippen LogP contribution in [0.2, 0.25) is 0 Å². The average molecular weight is 527 g/mol. The van der Waals surface area contributed by atoms with Crippen molar-refractivity contribution in [1.29, 1.82) is 0 Å². The molecule has 0 aromatic heterocycles. The molecule has 0 bridgehead atoms. The number of unbranched alkanes of at least 4 members (excludes halogenated alkanes) is 3. The summed E-state index contributed by atoms with van der Waals surface area (Å²) in [5.41, 5.74) is -1.96. The minimum Gasteiger partial charge on any atom is -0.256 e. The lowest BCUT2D eigenvalue weighted by Crippen LogP contribution is -2.59. The van der Waals surface area contributed by atoms with E-state index in [9.17, 15) is 52.7 Å². The first kappa shape index (κ1) is 30.6. The van der Waals surface area contributed by atoms with Gasteiger partial charge in [0.15, 0.2) is 23.3 Å². The molecule has 0 fully saturated rings. The summed E-state index contributed by atoms with van der Waals surface area (Å²) in [4.78, 5) is 0. The molecule has 1 nitrogen and oxygen atoms in total. The van der Waals surface area contributed by atoms with Crippen molar-refractivity contribution in [3.63, 3.8) is 0 Å². The fourth-order valence-corrected chi connectivity index (χ4v) is 2.82. The smallest absolute Gasteiger partial charge is 0.256 e. The molecule has 35 heavy (non-hydrogen) atoms. The van der Waals surface area contributed by atoms with Crippen molar-refractivity contribution >= 4 is 0 Å². The second kappa shape index (κ2) is 12.0. The molecule has 2 aromatic rings. The van der Waals surface area contributed by atoms with Crippen LogP contribution in [0.1, 0.15) is 39.0 Å². The second-order valence-electron chi connectivity index (χ2n) is 7.34. The van der Waals surface area contributed by atoms with Gasteiger partial charge in [0.05, 0.1) is 5.56 Å². The zero-order chi connectivity index (χ0) is 27.2. The molecule has 1 N–H and O–H groups in total. The van der Waals surface area contributed by atoms with Crippen molar-refractivity contribution in [3.05, 3.63) is 59.2 Å². The lowest BCUT2D eigenvalue weighted by molar-refractivity contribution is -0.319. The van der Waals surface area contributed by atoms with E-state index in [0.717, 1.165) is 23.9 Å². The first-order valence-corrected chi connectivity index (χ1v) is 10.2. The van der Waals surface area contributed by atoms with Gasteiger partial charge in [-0.1, -0.05) is 44.4 Å². The summed E-state index contributed by atoms with van der Waals surface area (Å²) >= 11 is 0. The molecule has 2 aromatic carbocycles. The number of hydrogen-bond donors (Lipinski definition) is 1. The van der Waals surface area contributed by atoms with Crippen LogP contribution in [0.15, 0.2) is 24.3 Å². The Hall–Kier alpha value is -2.44.